The van der Waals surface area contributed by atoms with Crippen LogP contribution in [-0.2, 0) is 21.3 Å². The summed E-state index contributed by atoms with van der Waals surface area (Å²) in [5.41, 5.74) is 2.23. The normalized spacial score (nSPS) is 10.1. The van der Waals surface area contributed by atoms with Crippen LogP contribution in [0.25, 0.3) is 0 Å². The zero-order valence-electron chi connectivity index (χ0n) is 8.64. The number of carbonyl (C=O) groups is 1. The molecule has 0 heterocycles. The Morgan fingerprint density at radius 2 is 2.13 bits per heavy atom. The average molecular weight is 275 g/mol. The topological polar surface area (TPSA) is 26.3 Å². The van der Waals surface area contributed by atoms with Gasteiger partial charge in [-0.1, -0.05) is 22.0 Å². The Morgan fingerprint density at radius 3 is 2.67 bits per heavy atom. The maximum Gasteiger partial charge on any atom is 0.310 e. The van der Waals surface area contributed by atoms with Gasteiger partial charge in [-0.05, 0) is 29.7 Å². The molecule has 1 aromatic carbocycles. The molecule has 0 atom stereocenters. The predicted molar refractivity (Wildman–Crippen MR) is 59.5 cm³/mol. The molecule has 0 saturated carbocycles. The number of benzene rings is 1. The summed E-state index contributed by atoms with van der Waals surface area (Å²) in [6.07, 6.45) is -0.0252. The van der Waals surface area contributed by atoms with Crippen molar-refractivity contribution >= 4 is 21.9 Å². The van der Waals surface area contributed by atoms with Gasteiger partial charge >= 0.3 is 5.97 Å². The van der Waals surface area contributed by atoms with Crippen LogP contribution < -0.4 is 0 Å². The van der Waals surface area contributed by atoms with Gasteiger partial charge in [0.2, 0.25) is 0 Å². The second kappa shape index (κ2) is 5.26. The molecule has 1 rings (SSSR count). The molecule has 0 unspecified atom stereocenters. The Balaban J connectivity index is 3.02. The number of alkyl halides is 1. The van der Waals surface area contributed by atoms with Crippen LogP contribution in [0.5, 0.6) is 0 Å². The Hall–Kier alpha value is -0.900. The van der Waals surface area contributed by atoms with Gasteiger partial charge in [0.1, 0.15) is 5.82 Å². The van der Waals surface area contributed by atoms with E-state index in [0.29, 0.717) is 10.9 Å². The number of esters is 1. The summed E-state index contributed by atoms with van der Waals surface area (Å²) < 4.78 is 17.9. The molecule has 0 N–H and O–H groups in total. The second-order valence-electron chi connectivity index (χ2n) is 3.26. The number of carbonyl (C=O) groups excluding carboxylic acids is 1. The maximum atomic E-state index is 13.4. The number of hydrogen-bond acceptors (Lipinski definition) is 2. The zero-order valence-corrected chi connectivity index (χ0v) is 10.2. The molecule has 0 aliphatic rings. The van der Waals surface area contributed by atoms with Crippen LogP contribution in [-0.4, -0.2) is 13.1 Å². The molecule has 1 aromatic rings. The van der Waals surface area contributed by atoms with Gasteiger partial charge in [0.15, 0.2) is 0 Å². The molecule has 0 saturated heterocycles. The van der Waals surface area contributed by atoms with E-state index >= 15 is 0 Å². The highest BCUT2D eigenvalue weighted by Crippen LogP contribution is 2.18. The summed E-state index contributed by atoms with van der Waals surface area (Å²) in [6, 6.07) is 3.13. The van der Waals surface area contributed by atoms with Gasteiger partial charge < -0.3 is 4.74 Å². The SMILES string of the molecule is COC(=O)Cc1cc(CBr)c(C)cc1F. The minimum Gasteiger partial charge on any atom is -0.469 e. The first-order valence-corrected chi connectivity index (χ1v) is 5.61. The van der Waals surface area contributed by atoms with Gasteiger partial charge in [-0.3, -0.25) is 4.79 Å². The maximum absolute atomic E-state index is 13.4. The van der Waals surface area contributed by atoms with E-state index in [4.69, 9.17) is 0 Å². The second-order valence-corrected chi connectivity index (χ2v) is 3.82. The number of ether oxygens (including phenoxy) is 1. The van der Waals surface area contributed by atoms with Crippen molar-refractivity contribution in [3.8, 4) is 0 Å². The summed E-state index contributed by atoms with van der Waals surface area (Å²) in [7, 11) is 1.29. The fraction of sp³-hybridized carbons (Fsp3) is 0.364. The molecular formula is C11H12BrFO2. The molecule has 0 radical (unpaired) electrons. The van der Waals surface area contributed by atoms with Crippen LogP contribution in [0.2, 0.25) is 0 Å². The van der Waals surface area contributed by atoms with Gasteiger partial charge in [-0.25, -0.2) is 4.39 Å². The fourth-order valence-corrected chi connectivity index (χ4v) is 1.88. The van der Waals surface area contributed by atoms with Crippen LogP contribution in [0.4, 0.5) is 4.39 Å². The van der Waals surface area contributed by atoms with E-state index in [1.165, 1.54) is 13.2 Å². The summed E-state index contributed by atoms with van der Waals surface area (Å²) in [4.78, 5) is 11.0. The smallest absolute Gasteiger partial charge is 0.310 e. The van der Waals surface area contributed by atoms with E-state index in [0.717, 1.165) is 11.1 Å². The van der Waals surface area contributed by atoms with Crippen LogP contribution >= 0.6 is 15.9 Å². The number of hydrogen-bond donors (Lipinski definition) is 0. The van der Waals surface area contributed by atoms with E-state index in [1.807, 2.05) is 6.92 Å². The van der Waals surface area contributed by atoms with Gasteiger partial charge in [-0.2, -0.15) is 0 Å². The summed E-state index contributed by atoms with van der Waals surface area (Å²) >= 11 is 3.31. The number of methoxy groups -OCH3 is 1. The number of rotatable bonds is 3. The average Bonchev–Trinajstić information content (AvgIpc) is 2.21. The Kier molecular flexibility index (Phi) is 4.27. The van der Waals surface area contributed by atoms with Crippen LogP contribution in [0.3, 0.4) is 0 Å². The molecule has 15 heavy (non-hydrogen) atoms. The lowest BCUT2D eigenvalue weighted by molar-refractivity contribution is -0.139. The molecule has 0 fully saturated rings. The molecule has 0 bridgehead atoms. The van der Waals surface area contributed by atoms with Crippen molar-refractivity contribution in [1.82, 2.24) is 0 Å². The Morgan fingerprint density at radius 1 is 1.47 bits per heavy atom. The molecule has 0 aliphatic carbocycles. The Labute approximate surface area is 96.6 Å². The van der Waals surface area contributed by atoms with Crippen molar-refractivity contribution < 1.29 is 13.9 Å². The molecule has 0 amide bonds. The van der Waals surface area contributed by atoms with Crippen molar-refractivity contribution in [3.63, 3.8) is 0 Å². The van der Waals surface area contributed by atoms with Crippen molar-refractivity contribution in [3.05, 3.63) is 34.6 Å². The van der Waals surface area contributed by atoms with E-state index in [-0.39, 0.29) is 12.2 Å². The third kappa shape index (κ3) is 3.02. The van der Waals surface area contributed by atoms with Gasteiger partial charge in [0, 0.05) is 5.33 Å². The first-order chi connectivity index (χ1) is 7.08. The summed E-state index contributed by atoms with van der Waals surface area (Å²) in [5, 5.41) is 0.646. The summed E-state index contributed by atoms with van der Waals surface area (Å²) in [5.74, 6) is -0.791. The van der Waals surface area contributed by atoms with Gasteiger partial charge in [-0.15, -0.1) is 0 Å². The zero-order chi connectivity index (χ0) is 11.4. The Bertz CT molecular complexity index is 377. The highest BCUT2D eigenvalue weighted by Gasteiger charge is 2.10. The molecule has 4 heteroatoms. The quantitative estimate of drug-likeness (QED) is 0.626. The third-order valence-corrected chi connectivity index (χ3v) is 2.82. The van der Waals surface area contributed by atoms with Crippen LogP contribution in [0.1, 0.15) is 16.7 Å². The van der Waals surface area contributed by atoms with E-state index in [1.54, 1.807) is 6.07 Å². The lowest BCUT2D eigenvalue weighted by Gasteiger charge is -2.07. The highest BCUT2D eigenvalue weighted by molar-refractivity contribution is 9.08. The number of halogens is 2. The van der Waals surface area contributed by atoms with Gasteiger partial charge in [0.25, 0.3) is 0 Å². The molecule has 82 valence electrons. The largest absolute Gasteiger partial charge is 0.469 e. The van der Waals surface area contributed by atoms with Crippen molar-refractivity contribution in [2.75, 3.05) is 7.11 Å². The molecule has 0 spiro atoms. The van der Waals surface area contributed by atoms with Gasteiger partial charge in [0.05, 0.1) is 13.5 Å². The standard InChI is InChI=1S/C11H12BrFO2/c1-7-3-10(13)8(4-9(7)6-12)5-11(14)15-2/h3-4H,5-6H2,1-2H3. The lowest BCUT2D eigenvalue weighted by Crippen LogP contribution is -2.07. The lowest BCUT2D eigenvalue weighted by atomic mass is 10.0. The van der Waals surface area contributed by atoms with Crippen molar-refractivity contribution in [1.29, 1.82) is 0 Å². The molecule has 0 aromatic heterocycles. The fourth-order valence-electron chi connectivity index (χ4n) is 1.28. The van der Waals surface area contributed by atoms with Crippen LogP contribution in [0, 0.1) is 12.7 Å². The van der Waals surface area contributed by atoms with E-state index in [9.17, 15) is 9.18 Å². The van der Waals surface area contributed by atoms with Crippen molar-refractivity contribution in [2.24, 2.45) is 0 Å². The van der Waals surface area contributed by atoms with Crippen molar-refractivity contribution in [2.45, 2.75) is 18.7 Å². The molecule has 0 aliphatic heterocycles. The van der Waals surface area contributed by atoms with Crippen LogP contribution in [0.15, 0.2) is 12.1 Å². The third-order valence-electron chi connectivity index (χ3n) is 2.21. The number of aryl methyl sites for hydroxylation is 1. The minimum atomic E-state index is -0.432. The molecular weight excluding hydrogens is 263 g/mol. The first kappa shape index (κ1) is 12.2. The predicted octanol–water partition coefficient (Wildman–Crippen LogP) is 2.74. The minimum absolute atomic E-state index is 0.0252. The molecule has 2 nitrogen and oxygen atoms in total. The van der Waals surface area contributed by atoms with E-state index < -0.39 is 5.97 Å². The summed E-state index contributed by atoms with van der Waals surface area (Å²) in [6.45, 7) is 1.83. The highest BCUT2D eigenvalue weighted by atomic mass is 79.9. The van der Waals surface area contributed by atoms with E-state index in [2.05, 4.69) is 20.7 Å². The first-order valence-electron chi connectivity index (χ1n) is 4.49. The monoisotopic (exact) mass is 274 g/mol.